The Bertz CT molecular complexity index is 833. The van der Waals surface area contributed by atoms with Crippen LogP contribution in [-0.2, 0) is 13.1 Å². The summed E-state index contributed by atoms with van der Waals surface area (Å²) < 4.78 is 10.9. The van der Waals surface area contributed by atoms with E-state index in [4.69, 9.17) is 21.1 Å². The van der Waals surface area contributed by atoms with Crippen LogP contribution in [0.5, 0.6) is 11.5 Å². The van der Waals surface area contributed by atoms with Crippen LogP contribution in [-0.4, -0.2) is 59.0 Å². The molecule has 0 spiro atoms. The Balaban J connectivity index is 1.43. The fraction of sp³-hybridized carbons (Fsp3) is 0.476. The van der Waals surface area contributed by atoms with Crippen molar-refractivity contribution in [1.82, 2.24) is 14.8 Å². The molecule has 1 atom stereocenters. The molecular weight excluding hydrogens is 378 g/mol. The molecule has 0 aliphatic carbocycles. The maximum atomic E-state index is 9.56. The van der Waals surface area contributed by atoms with Crippen LogP contribution in [0, 0.1) is 6.92 Å². The molecule has 6 nitrogen and oxygen atoms in total. The molecule has 0 amide bonds. The highest BCUT2D eigenvalue weighted by Gasteiger charge is 2.28. The van der Waals surface area contributed by atoms with Crippen LogP contribution in [0.25, 0.3) is 0 Å². The van der Waals surface area contributed by atoms with E-state index < -0.39 is 0 Å². The number of piperazine rings is 1. The van der Waals surface area contributed by atoms with Crippen LogP contribution in [0.4, 0.5) is 0 Å². The molecule has 28 heavy (non-hydrogen) atoms. The van der Waals surface area contributed by atoms with Crippen LogP contribution in [0.2, 0.25) is 5.02 Å². The van der Waals surface area contributed by atoms with Gasteiger partial charge in [-0.25, -0.2) is 0 Å². The number of nitrogens with zero attached hydrogens (tertiary/aromatic N) is 3. The molecule has 0 saturated carbocycles. The predicted molar refractivity (Wildman–Crippen MR) is 108 cm³/mol. The molecule has 1 saturated heterocycles. The minimum absolute atomic E-state index is 0.182. The molecular formula is C21H26ClN3O3. The van der Waals surface area contributed by atoms with Gasteiger partial charge in [0.2, 0.25) is 6.79 Å². The molecule has 1 fully saturated rings. The van der Waals surface area contributed by atoms with Crippen LogP contribution in [0.3, 0.4) is 0 Å². The summed E-state index contributed by atoms with van der Waals surface area (Å²) in [6, 6.07) is 10.2. The second kappa shape index (κ2) is 8.66. The minimum atomic E-state index is 0.182. The second-order valence-corrected chi connectivity index (χ2v) is 7.85. The number of pyridine rings is 1. The first-order chi connectivity index (χ1) is 13.6. The number of ether oxygens (including phenoxy) is 2. The first-order valence-corrected chi connectivity index (χ1v) is 10.1. The predicted octanol–water partition coefficient (Wildman–Crippen LogP) is 2.84. The van der Waals surface area contributed by atoms with Crippen LogP contribution in [0.1, 0.15) is 23.4 Å². The summed E-state index contributed by atoms with van der Waals surface area (Å²) in [7, 11) is 0. The van der Waals surface area contributed by atoms with Crippen molar-refractivity contribution in [3.63, 3.8) is 0 Å². The van der Waals surface area contributed by atoms with Gasteiger partial charge in [-0.15, -0.1) is 0 Å². The smallest absolute Gasteiger partial charge is 0.231 e. The lowest BCUT2D eigenvalue weighted by Crippen LogP contribution is -2.52. The van der Waals surface area contributed by atoms with Gasteiger partial charge in [0.1, 0.15) is 0 Å². The molecule has 1 N–H and O–H groups in total. The summed E-state index contributed by atoms with van der Waals surface area (Å²) in [6.45, 7) is 6.78. The van der Waals surface area contributed by atoms with E-state index in [0.29, 0.717) is 10.8 Å². The molecule has 150 valence electrons. The van der Waals surface area contributed by atoms with Gasteiger partial charge in [0.25, 0.3) is 0 Å². The zero-order valence-corrected chi connectivity index (χ0v) is 16.9. The van der Waals surface area contributed by atoms with E-state index in [1.54, 1.807) is 0 Å². The number of aliphatic hydroxyl groups excluding tert-OH is 1. The van der Waals surface area contributed by atoms with Crippen molar-refractivity contribution in [2.24, 2.45) is 0 Å². The van der Waals surface area contributed by atoms with E-state index >= 15 is 0 Å². The molecule has 4 rings (SSSR count). The number of aliphatic hydroxyl groups is 1. The van der Waals surface area contributed by atoms with Gasteiger partial charge < -0.3 is 14.6 Å². The average Bonchev–Trinajstić information content (AvgIpc) is 3.11. The Labute approximate surface area is 170 Å². The highest BCUT2D eigenvalue weighted by molar-refractivity contribution is 6.31. The monoisotopic (exact) mass is 403 g/mol. The quantitative estimate of drug-likeness (QED) is 0.800. The summed E-state index contributed by atoms with van der Waals surface area (Å²) in [5, 5.41) is 10.3. The van der Waals surface area contributed by atoms with Gasteiger partial charge in [-0.1, -0.05) is 17.7 Å². The Morgan fingerprint density at radius 3 is 2.79 bits per heavy atom. The zero-order chi connectivity index (χ0) is 19.5. The maximum Gasteiger partial charge on any atom is 0.231 e. The van der Waals surface area contributed by atoms with Crippen molar-refractivity contribution in [3.05, 3.63) is 52.3 Å². The molecule has 2 aromatic rings. The summed E-state index contributed by atoms with van der Waals surface area (Å²) in [5.41, 5.74) is 3.16. The first-order valence-electron chi connectivity index (χ1n) is 9.70. The first kappa shape index (κ1) is 19.5. The topological polar surface area (TPSA) is 58.1 Å². The summed E-state index contributed by atoms with van der Waals surface area (Å²) >= 11 is 6.45. The largest absolute Gasteiger partial charge is 0.454 e. The lowest BCUT2D eigenvalue weighted by Gasteiger charge is -2.41. The number of aryl methyl sites for hydroxylation is 1. The lowest BCUT2D eigenvalue weighted by molar-refractivity contribution is 0.0491. The molecule has 2 aliphatic rings. The third-order valence-corrected chi connectivity index (χ3v) is 5.75. The number of fused-ring (bicyclic) bond motifs is 1. The fourth-order valence-electron chi connectivity index (χ4n) is 3.95. The van der Waals surface area contributed by atoms with Gasteiger partial charge in [-0.05, 0) is 37.1 Å². The van der Waals surface area contributed by atoms with E-state index in [9.17, 15) is 5.11 Å². The van der Waals surface area contributed by atoms with Gasteiger partial charge in [0, 0.05) is 62.2 Å². The molecule has 1 aromatic heterocycles. The minimum Gasteiger partial charge on any atom is -0.454 e. The Morgan fingerprint density at radius 2 is 2.00 bits per heavy atom. The van der Waals surface area contributed by atoms with E-state index in [-0.39, 0.29) is 19.4 Å². The van der Waals surface area contributed by atoms with Gasteiger partial charge >= 0.3 is 0 Å². The van der Waals surface area contributed by atoms with E-state index in [1.807, 2.05) is 25.1 Å². The Hall–Kier alpha value is -1.86. The number of aromatic nitrogens is 1. The summed E-state index contributed by atoms with van der Waals surface area (Å²) in [5.74, 6) is 1.47. The summed E-state index contributed by atoms with van der Waals surface area (Å²) in [4.78, 5) is 9.45. The van der Waals surface area contributed by atoms with Crippen molar-refractivity contribution >= 4 is 11.6 Å². The van der Waals surface area contributed by atoms with Gasteiger partial charge in [-0.2, -0.15) is 0 Å². The van der Waals surface area contributed by atoms with Crippen molar-refractivity contribution in [2.75, 3.05) is 33.0 Å². The number of hydrogen-bond donors (Lipinski definition) is 1. The lowest BCUT2D eigenvalue weighted by atomic mass is 10.1. The summed E-state index contributed by atoms with van der Waals surface area (Å²) in [6.07, 6.45) is 0.747. The highest BCUT2D eigenvalue weighted by Crippen LogP contribution is 2.37. The van der Waals surface area contributed by atoms with Crippen LogP contribution < -0.4 is 9.47 Å². The van der Waals surface area contributed by atoms with Crippen molar-refractivity contribution in [3.8, 4) is 11.5 Å². The molecule has 7 heteroatoms. The van der Waals surface area contributed by atoms with Crippen LogP contribution in [0.15, 0.2) is 30.3 Å². The van der Waals surface area contributed by atoms with Crippen molar-refractivity contribution in [2.45, 2.75) is 32.5 Å². The highest BCUT2D eigenvalue weighted by atomic mass is 35.5. The van der Waals surface area contributed by atoms with E-state index in [1.165, 1.54) is 0 Å². The zero-order valence-electron chi connectivity index (χ0n) is 16.1. The second-order valence-electron chi connectivity index (χ2n) is 7.44. The fourth-order valence-corrected chi connectivity index (χ4v) is 4.16. The third kappa shape index (κ3) is 4.41. The molecule has 1 aromatic carbocycles. The van der Waals surface area contributed by atoms with Gasteiger partial charge in [0.05, 0.1) is 5.69 Å². The third-order valence-electron chi connectivity index (χ3n) is 5.40. The molecule has 0 bridgehead atoms. The standard InChI is InChI=1S/C21H26ClN3O3/c1-15-3-2-4-17(23-15)12-25-7-6-24(13-18(25)5-8-26)11-16-9-20-21(10-19(16)22)28-14-27-20/h2-4,9-10,18,26H,5-8,11-14H2,1H3/t18-/m1/s1. The number of rotatable bonds is 6. The van der Waals surface area contributed by atoms with Crippen LogP contribution >= 0.6 is 11.6 Å². The normalized spacial score (nSPS) is 19.9. The Morgan fingerprint density at radius 1 is 1.18 bits per heavy atom. The molecule has 3 heterocycles. The molecule has 0 unspecified atom stereocenters. The SMILES string of the molecule is Cc1cccc(CN2CCN(Cc3cc4c(cc3Cl)OCO4)C[C@H]2CCO)n1. The van der Waals surface area contributed by atoms with E-state index in [0.717, 1.165) is 61.8 Å². The van der Waals surface area contributed by atoms with Gasteiger partial charge in [-0.3, -0.25) is 14.8 Å². The number of benzene rings is 1. The van der Waals surface area contributed by atoms with Gasteiger partial charge in [0.15, 0.2) is 11.5 Å². The molecule has 0 radical (unpaired) electrons. The maximum absolute atomic E-state index is 9.56. The average molecular weight is 404 g/mol. The Kier molecular flexibility index (Phi) is 6.01. The van der Waals surface area contributed by atoms with Crippen molar-refractivity contribution < 1.29 is 14.6 Å². The molecule has 2 aliphatic heterocycles. The van der Waals surface area contributed by atoms with E-state index in [2.05, 4.69) is 26.9 Å². The number of halogens is 1. The number of hydrogen-bond acceptors (Lipinski definition) is 6. The van der Waals surface area contributed by atoms with Crippen molar-refractivity contribution in [1.29, 1.82) is 0 Å².